The van der Waals surface area contributed by atoms with Crippen LogP contribution in [0.2, 0.25) is 0 Å². The number of ether oxygens (including phenoxy) is 1. The van der Waals surface area contributed by atoms with Crippen molar-refractivity contribution in [1.82, 2.24) is 0 Å². The maximum Gasteiger partial charge on any atom is 0.180 e. The van der Waals surface area contributed by atoms with Crippen LogP contribution in [0.15, 0.2) is 40.7 Å². The van der Waals surface area contributed by atoms with Crippen LogP contribution in [0.3, 0.4) is 0 Å². The molecule has 0 aliphatic heterocycles. The molecular weight excluding hydrogens is 264 g/mol. The Labute approximate surface area is 116 Å². The number of carbonyl (C=O) groups excluding carboxylic acids is 1. The smallest absolute Gasteiger partial charge is 0.180 e. The molecule has 96 valence electrons. The molecule has 18 heavy (non-hydrogen) atoms. The lowest BCUT2D eigenvalue weighted by Crippen LogP contribution is -1.87. The number of methoxy groups -OCH3 is 1. The van der Waals surface area contributed by atoms with Gasteiger partial charge in [-0.05, 0) is 36.3 Å². The molecule has 0 heterocycles. The van der Waals surface area contributed by atoms with Crippen LogP contribution in [0.5, 0.6) is 5.75 Å². The van der Waals surface area contributed by atoms with Gasteiger partial charge in [-0.25, -0.2) is 0 Å². The van der Waals surface area contributed by atoms with E-state index in [2.05, 4.69) is 0 Å². The van der Waals surface area contributed by atoms with Gasteiger partial charge in [-0.3, -0.25) is 4.79 Å². The third kappa shape index (κ3) is 5.02. The Morgan fingerprint density at radius 3 is 2.61 bits per heavy atom. The van der Waals surface area contributed by atoms with Crippen molar-refractivity contribution in [1.29, 1.82) is 0 Å². The third-order valence-electron chi connectivity index (χ3n) is 2.20. The van der Waals surface area contributed by atoms with Crippen LogP contribution in [0.25, 0.3) is 6.08 Å². The summed E-state index contributed by atoms with van der Waals surface area (Å²) < 4.78 is 6.13. The predicted octanol–water partition coefficient (Wildman–Crippen LogP) is 3.84. The monoisotopic (exact) mass is 280 g/mol. The number of carbonyl (C=O) groups is 1. The molecule has 1 rings (SSSR count). The lowest BCUT2D eigenvalue weighted by atomic mass is 10.2. The Balaban J connectivity index is 2.74. The highest BCUT2D eigenvalue weighted by Crippen LogP contribution is 2.23. The van der Waals surface area contributed by atoms with Crippen LogP contribution in [-0.2, 0) is 4.79 Å². The van der Waals surface area contributed by atoms with Crippen LogP contribution in [-0.4, -0.2) is 25.4 Å². The molecule has 0 bridgehead atoms. The van der Waals surface area contributed by atoms with Crippen molar-refractivity contribution in [3.05, 3.63) is 46.2 Å². The minimum absolute atomic E-state index is 0.00322. The van der Waals surface area contributed by atoms with Crippen molar-refractivity contribution < 1.29 is 9.53 Å². The molecule has 0 aromatic heterocycles. The van der Waals surface area contributed by atoms with Gasteiger partial charge in [-0.15, -0.1) is 23.5 Å². The molecular formula is C14H16O2S2. The van der Waals surface area contributed by atoms with Crippen LogP contribution in [0, 0.1) is 0 Å². The topological polar surface area (TPSA) is 26.3 Å². The molecule has 2 nitrogen and oxygen atoms in total. The largest absolute Gasteiger partial charge is 0.497 e. The highest BCUT2D eigenvalue weighted by atomic mass is 32.2. The standard InChI is InChI=1S/C14H16O2S2/c1-16-13-6-4-5-11(9-13)7-8-12(15)10-14(17-2)18-3/h4-10H,1-3H3/b8-7+. The molecule has 0 saturated heterocycles. The van der Waals surface area contributed by atoms with Gasteiger partial charge in [0, 0.05) is 10.3 Å². The quantitative estimate of drug-likeness (QED) is 0.739. The number of hydrogen-bond donors (Lipinski definition) is 0. The number of ketones is 1. The molecule has 0 N–H and O–H groups in total. The number of rotatable bonds is 6. The minimum atomic E-state index is -0.00322. The number of benzene rings is 1. The first kappa shape index (κ1) is 14.9. The molecule has 0 unspecified atom stereocenters. The number of hydrogen-bond acceptors (Lipinski definition) is 4. The summed E-state index contributed by atoms with van der Waals surface area (Å²) in [5.41, 5.74) is 0.950. The van der Waals surface area contributed by atoms with Crippen LogP contribution in [0.4, 0.5) is 0 Å². The summed E-state index contributed by atoms with van der Waals surface area (Å²) >= 11 is 3.15. The molecule has 0 fully saturated rings. The zero-order valence-electron chi connectivity index (χ0n) is 10.7. The van der Waals surface area contributed by atoms with Gasteiger partial charge >= 0.3 is 0 Å². The summed E-state index contributed by atoms with van der Waals surface area (Å²) in [6.45, 7) is 0. The van der Waals surface area contributed by atoms with E-state index in [0.717, 1.165) is 15.6 Å². The summed E-state index contributed by atoms with van der Waals surface area (Å²) in [6, 6.07) is 7.59. The molecule has 0 aliphatic carbocycles. The number of allylic oxidation sites excluding steroid dienone is 2. The van der Waals surface area contributed by atoms with Gasteiger partial charge in [0.2, 0.25) is 0 Å². The van der Waals surface area contributed by atoms with Crippen molar-refractivity contribution in [2.45, 2.75) is 0 Å². The van der Waals surface area contributed by atoms with Crippen LogP contribution in [0.1, 0.15) is 5.56 Å². The summed E-state index contributed by atoms with van der Waals surface area (Å²) in [7, 11) is 1.62. The molecule has 1 aromatic carbocycles. The fourth-order valence-corrected chi connectivity index (χ4v) is 2.42. The van der Waals surface area contributed by atoms with E-state index in [9.17, 15) is 4.79 Å². The summed E-state index contributed by atoms with van der Waals surface area (Å²) in [6.07, 6.45) is 8.93. The molecule has 0 atom stereocenters. The molecule has 0 aliphatic rings. The van der Waals surface area contributed by atoms with Crippen molar-refractivity contribution in [2.75, 3.05) is 19.6 Å². The third-order valence-corrected chi connectivity index (χ3v) is 4.24. The highest BCUT2D eigenvalue weighted by molar-refractivity contribution is 8.21. The lowest BCUT2D eigenvalue weighted by Gasteiger charge is -1.99. The first-order valence-electron chi connectivity index (χ1n) is 5.35. The second kappa shape index (κ2) is 8.06. The predicted molar refractivity (Wildman–Crippen MR) is 82.1 cm³/mol. The van der Waals surface area contributed by atoms with E-state index in [0.29, 0.717) is 0 Å². The van der Waals surface area contributed by atoms with Gasteiger partial charge in [-0.1, -0.05) is 18.2 Å². The fraction of sp³-hybridized carbons (Fsp3) is 0.214. The maximum absolute atomic E-state index is 11.7. The van der Waals surface area contributed by atoms with Gasteiger partial charge in [0.1, 0.15) is 5.75 Å². The van der Waals surface area contributed by atoms with Crippen molar-refractivity contribution in [3.8, 4) is 5.75 Å². The van der Waals surface area contributed by atoms with Gasteiger partial charge in [0.05, 0.1) is 7.11 Å². The average Bonchev–Trinajstić information content (AvgIpc) is 2.42. The highest BCUT2D eigenvalue weighted by Gasteiger charge is 1.97. The lowest BCUT2D eigenvalue weighted by molar-refractivity contribution is -0.110. The summed E-state index contributed by atoms with van der Waals surface area (Å²) in [5, 5.41) is 0. The SMILES string of the molecule is COc1cccc(/C=C/C(=O)C=C(SC)SC)c1. The first-order chi connectivity index (χ1) is 8.69. The molecule has 0 spiro atoms. The van der Waals surface area contributed by atoms with E-state index in [1.807, 2.05) is 36.8 Å². The second-order valence-corrected chi connectivity index (χ2v) is 5.34. The summed E-state index contributed by atoms with van der Waals surface area (Å²) in [4.78, 5) is 11.7. The molecule has 0 radical (unpaired) electrons. The molecule has 1 aromatic rings. The average molecular weight is 280 g/mol. The van der Waals surface area contributed by atoms with Gasteiger partial charge < -0.3 is 4.74 Å². The maximum atomic E-state index is 11.7. The van der Waals surface area contributed by atoms with E-state index in [1.165, 1.54) is 0 Å². The Morgan fingerprint density at radius 2 is 2.00 bits per heavy atom. The van der Waals surface area contributed by atoms with Gasteiger partial charge in [0.15, 0.2) is 5.78 Å². The van der Waals surface area contributed by atoms with Gasteiger partial charge in [-0.2, -0.15) is 0 Å². The van der Waals surface area contributed by atoms with E-state index in [-0.39, 0.29) is 5.78 Å². The Bertz CT molecular complexity index is 459. The van der Waals surface area contributed by atoms with Crippen LogP contribution < -0.4 is 4.74 Å². The van der Waals surface area contributed by atoms with Crippen molar-refractivity contribution >= 4 is 35.4 Å². The van der Waals surface area contributed by atoms with E-state index in [4.69, 9.17) is 4.74 Å². The Morgan fingerprint density at radius 1 is 1.28 bits per heavy atom. The summed E-state index contributed by atoms with van der Waals surface area (Å²) in [5.74, 6) is 0.783. The van der Waals surface area contributed by atoms with Crippen molar-refractivity contribution in [3.63, 3.8) is 0 Å². The van der Waals surface area contributed by atoms with Gasteiger partial charge in [0.25, 0.3) is 0 Å². The second-order valence-electron chi connectivity index (χ2n) is 3.38. The zero-order valence-corrected chi connectivity index (χ0v) is 12.3. The minimum Gasteiger partial charge on any atom is -0.497 e. The van der Waals surface area contributed by atoms with Crippen molar-refractivity contribution in [2.24, 2.45) is 0 Å². The number of thioether (sulfide) groups is 2. The van der Waals surface area contributed by atoms with Crippen LogP contribution >= 0.6 is 23.5 Å². The van der Waals surface area contributed by atoms with E-state index < -0.39 is 0 Å². The normalized spacial score (nSPS) is 10.4. The van der Waals surface area contributed by atoms with E-state index in [1.54, 1.807) is 48.9 Å². The molecule has 0 amide bonds. The zero-order chi connectivity index (χ0) is 13.4. The Hall–Kier alpha value is -1.13. The first-order valence-corrected chi connectivity index (χ1v) is 7.80. The molecule has 0 saturated carbocycles. The molecule has 4 heteroatoms. The fourth-order valence-electron chi connectivity index (χ4n) is 1.29. The Kier molecular flexibility index (Phi) is 6.68. The van der Waals surface area contributed by atoms with E-state index >= 15 is 0 Å².